The van der Waals surface area contributed by atoms with Crippen LogP contribution in [0.5, 0.6) is 0 Å². The van der Waals surface area contributed by atoms with Gasteiger partial charge >= 0.3 is 0 Å². The first kappa shape index (κ1) is 11.2. The number of rotatable bonds is 6. The van der Waals surface area contributed by atoms with E-state index in [0.29, 0.717) is 13.0 Å². The van der Waals surface area contributed by atoms with Gasteiger partial charge in [0.1, 0.15) is 0 Å². The summed E-state index contributed by atoms with van der Waals surface area (Å²) in [5, 5.41) is 4.85. The molecule has 1 amide bonds. The zero-order valence-corrected chi connectivity index (χ0v) is 8.98. The standard InChI is InChI=1S/C10H16N2OS/c11-5-1-2-6-12-10(13)8-9-4-3-7-14-9/h3-4,7H,1-2,5-6,8,11H2,(H,12,13). The number of hydrogen-bond acceptors (Lipinski definition) is 3. The largest absolute Gasteiger partial charge is 0.356 e. The SMILES string of the molecule is NCCCCNC(=O)Cc1cccs1. The average molecular weight is 212 g/mol. The van der Waals surface area contributed by atoms with Crippen LogP contribution in [0.25, 0.3) is 0 Å². The second-order valence-electron chi connectivity index (χ2n) is 3.10. The van der Waals surface area contributed by atoms with Crippen molar-refractivity contribution in [3.8, 4) is 0 Å². The number of carbonyl (C=O) groups excluding carboxylic acids is 1. The molecule has 1 rings (SSSR count). The van der Waals surface area contributed by atoms with E-state index >= 15 is 0 Å². The fraction of sp³-hybridized carbons (Fsp3) is 0.500. The Balaban J connectivity index is 2.11. The fourth-order valence-corrected chi connectivity index (χ4v) is 1.83. The molecule has 1 aromatic heterocycles. The Kier molecular flexibility index (Phi) is 5.25. The van der Waals surface area contributed by atoms with Crippen LogP contribution in [0.2, 0.25) is 0 Å². The van der Waals surface area contributed by atoms with Crippen molar-refractivity contribution in [3.05, 3.63) is 22.4 Å². The summed E-state index contributed by atoms with van der Waals surface area (Å²) in [5.41, 5.74) is 5.34. The molecule has 3 nitrogen and oxygen atoms in total. The number of hydrogen-bond donors (Lipinski definition) is 2. The summed E-state index contributed by atoms with van der Waals surface area (Å²) in [4.78, 5) is 12.5. The lowest BCUT2D eigenvalue weighted by atomic mass is 10.3. The maximum atomic E-state index is 11.3. The normalized spacial score (nSPS) is 10.1. The van der Waals surface area contributed by atoms with E-state index in [2.05, 4.69) is 5.32 Å². The zero-order valence-electron chi connectivity index (χ0n) is 8.16. The number of amides is 1. The molecule has 78 valence electrons. The summed E-state index contributed by atoms with van der Waals surface area (Å²) >= 11 is 1.61. The molecule has 0 aliphatic heterocycles. The van der Waals surface area contributed by atoms with Crippen LogP contribution in [0.15, 0.2) is 17.5 Å². The van der Waals surface area contributed by atoms with Gasteiger partial charge in [0, 0.05) is 11.4 Å². The number of nitrogens with one attached hydrogen (secondary N) is 1. The van der Waals surface area contributed by atoms with Gasteiger partial charge in [0.2, 0.25) is 5.91 Å². The smallest absolute Gasteiger partial charge is 0.225 e. The molecule has 1 aromatic rings. The Morgan fingerprint density at radius 3 is 3.00 bits per heavy atom. The third-order valence-electron chi connectivity index (χ3n) is 1.87. The molecule has 0 unspecified atom stereocenters. The van der Waals surface area contributed by atoms with E-state index in [0.717, 1.165) is 24.3 Å². The Morgan fingerprint density at radius 1 is 1.50 bits per heavy atom. The van der Waals surface area contributed by atoms with Gasteiger partial charge in [0.05, 0.1) is 6.42 Å². The molecule has 0 aromatic carbocycles. The monoisotopic (exact) mass is 212 g/mol. The maximum Gasteiger partial charge on any atom is 0.225 e. The van der Waals surface area contributed by atoms with E-state index < -0.39 is 0 Å². The van der Waals surface area contributed by atoms with Crippen LogP contribution in [0.3, 0.4) is 0 Å². The maximum absolute atomic E-state index is 11.3. The zero-order chi connectivity index (χ0) is 10.2. The highest BCUT2D eigenvalue weighted by atomic mass is 32.1. The van der Waals surface area contributed by atoms with Crippen molar-refractivity contribution in [1.29, 1.82) is 0 Å². The molecule has 0 atom stereocenters. The van der Waals surface area contributed by atoms with Crippen molar-refractivity contribution >= 4 is 17.2 Å². The van der Waals surface area contributed by atoms with E-state index in [1.54, 1.807) is 11.3 Å². The molecule has 0 saturated carbocycles. The fourth-order valence-electron chi connectivity index (χ4n) is 1.13. The van der Waals surface area contributed by atoms with E-state index in [1.807, 2.05) is 17.5 Å². The summed E-state index contributed by atoms with van der Waals surface area (Å²) in [6, 6.07) is 3.94. The molecule has 3 N–H and O–H groups in total. The van der Waals surface area contributed by atoms with Gasteiger partial charge in [-0.2, -0.15) is 0 Å². The van der Waals surface area contributed by atoms with Crippen molar-refractivity contribution in [1.82, 2.24) is 5.32 Å². The van der Waals surface area contributed by atoms with E-state index in [4.69, 9.17) is 5.73 Å². The summed E-state index contributed by atoms with van der Waals surface area (Å²) in [5.74, 6) is 0.101. The molecule has 0 spiro atoms. The minimum absolute atomic E-state index is 0.101. The minimum Gasteiger partial charge on any atom is -0.356 e. The Hall–Kier alpha value is -0.870. The molecular formula is C10H16N2OS. The lowest BCUT2D eigenvalue weighted by Gasteiger charge is -2.02. The van der Waals surface area contributed by atoms with Crippen molar-refractivity contribution in [2.45, 2.75) is 19.3 Å². The van der Waals surface area contributed by atoms with Gasteiger partial charge < -0.3 is 11.1 Å². The van der Waals surface area contributed by atoms with Crippen molar-refractivity contribution in [2.24, 2.45) is 5.73 Å². The van der Waals surface area contributed by atoms with Crippen LogP contribution in [-0.2, 0) is 11.2 Å². The highest BCUT2D eigenvalue weighted by Gasteiger charge is 2.02. The lowest BCUT2D eigenvalue weighted by molar-refractivity contribution is -0.120. The molecule has 14 heavy (non-hydrogen) atoms. The van der Waals surface area contributed by atoms with Crippen molar-refractivity contribution in [3.63, 3.8) is 0 Å². The first-order valence-electron chi connectivity index (χ1n) is 4.82. The molecule has 4 heteroatoms. The predicted octanol–water partition coefficient (Wildman–Crippen LogP) is 1.15. The van der Waals surface area contributed by atoms with Gasteiger partial charge in [-0.1, -0.05) is 6.07 Å². The third kappa shape index (κ3) is 4.39. The number of nitrogens with two attached hydrogens (primary N) is 1. The second-order valence-corrected chi connectivity index (χ2v) is 4.13. The quantitative estimate of drug-likeness (QED) is 0.695. The van der Waals surface area contributed by atoms with Crippen LogP contribution >= 0.6 is 11.3 Å². The Labute approximate surface area is 88.3 Å². The summed E-state index contributed by atoms with van der Waals surface area (Å²) < 4.78 is 0. The van der Waals surface area contributed by atoms with Crippen molar-refractivity contribution < 1.29 is 4.79 Å². The first-order chi connectivity index (χ1) is 6.83. The van der Waals surface area contributed by atoms with Crippen LogP contribution < -0.4 is 11.1 Å². The predicted molar refractivity (Wildman–Crippen MR) is 59.3 cm³/mol. The molecule has 0 fully saturated rings. The number of carbonyl (C=O) groups is 1. The van der Waals surface area contributed by atoms with Crippen LogP contribution in [0.1, 0.15) is 17.7 Å². The summed E-state index contributed by atoms with van der Waals surface area (Å²) in [6.07, 6.45) is 2.44. The Morgan fingerprint density at radius 2 is 2.36 bits per heavy atom. The van der Waals surface area contributed by atoms with Gasteiger partial charge in [0.15, 0.2) is 0 Å². The van der Waals surface area contributed by atoms with E-state index in [9.17, 15) is 4.79 Å². The molecule has 0 radical (unpaired) electrons. The third-order valence-corrected chi connectivity index (χ3v) is 2.74. The molecule has 0 bridgehead atoms. The highest BCUT2D eigenvalue weighted by molar-refractivity contribution is 7.10. The van der Waals surface area contributed by atoms with Crippen LogP contribution in [0, 0.1) is 0 Å². The Bertz CT molecular complexity index is 259. The van der Waals surface area contributed by atoms with Crippen LogP contribution in [-0.4, -0.2) is 19.0 Å². The summed E-state index contributed by atoms with van der Waals surface area (Å²) in [6.45, 7) is 1.43. The van der Waals surface area contributed by atoms with Crippen molar-refractivity contribution in [2.75, 3.05) is 13.1 Å². The average Bonchev–Trinajstić information content (AvgIpc) is 2.65. The number of thiophene rings is 1. The molecule has 0 aliphatic rings. The topological polar surface area (TPSA) is 55.1 Å². The van der Waals surface area contributed by atoms with Gasteiger partial charge in [-0.15, -0.1) is 11.3 Å². The molecular weight excluding hydrogens is 196 g/mol. The van der Waals surface area contributed by atoms with Gasteiger partial charge in [-0.3, -0.25) is 4.79 Å². The van der Waals surface area contributed by atoms with E-state index in [1.165, 1.54) is 0 Å². The summed E-state index contributed by atoms with van der Waals surface area (Å²) in [7, 11) is 0. The first-order valence-corrected chi connectivity index (χ1v) is 5.70. The van der Waals surface area contributed by atoms with Gasteiger partial charge in [0.25, 0.3) is 0 Å². The second kappa shape index (κ2) is 6.56. The highest BCUT2D eigenvalue weighted by Crippen LogP contribution is 2.08. The van der Waals surface area contributed by atoms with Crippen LogP contribution in [0.4, 0.5) is 0 Å². The van der Waals surface area contributed by atoms with Gasteiger partial charge in [-0.05, 0) is 30.8 Å². The number of unbranched alkanes of at least 4 members (excludes halogenated alkanes) is 1. The minimum atomic E-state index is 0.101. The molecule has 1 heterocycles. The molecule has 0 saturated heterocycles. The van der Waals surface area contributed by atoms with E-state index in [-0.39, 0.29) is 5.91 Å². The van der Waals surface area contributed by atoms with Gasteiger partial charge in [-0.25, -0.2) is 0 Å². The molecule has 0 aliphatic carbocycles. The lowest BCUT2D eigenvalue weighted by Crippen LogP contribution is -2.26.